The summed E-state index contributed by atoms with van der Waals surface area (Å²) in [7, 11) is -6.96. The van der Waals surface area contributed by atoms with Crippen molar-refractivity contribution in [3.63, 3.8) is 0 Å². The lowest BCUT2D eigenvalue weighted by atomic mass is 10.2. The van der Waals surface area contributed by atoms with Gasteiger partial charge in [0.1, 0.15) is 0 Å². The van der Waals surface area contributed by atoms with E-state index < -0.39 is 25.9 Å². The third kappa shape index (κ3) is 4.16. The Kier molecular flexibility index (Phi) is 5.23. The minimum Gasteiger partial charge on any atom is -0.273 e. The van der Waals surface area contributed by atoms with Crippen LogP contribution in [0, 0.1) is 6.92 Å². The van der Waals surface area contributed by atoms with Crippen LogP contribution >= 0.6 is 0 Å². The normalized spacial score (nSPS) is 20.9. The highest BCUT2D eigenvalue weighted by atomic mass is 32.2. The SMILES string of the molecule is CCn1cc(C2CS(=O)(=O)CCN2S(=O)(=O)Cc2cccc(C)c2)cn1. The van der Waals surface area contributed by atoms with Gasteiger partial charge in [0.25, 0.3) is 0 Å². The van der Waals surface area contributed by atoms with E-state index in [9.17, 15) is 16.8 Å². The number of sulfonamides is 1. The summed E-state index contributed by atoms with van der Waals surface area (Å²) in [6.07, 6.45) is 3.28. The Labute approximate surface area is 154 Å². The molecule has 0 spiro atoms. The molecular formula is C17H23N3O4S2. The van der Waals surface area contributed by atoms with Crippen molar-refractivity contribution in [2.24, 2.45) is 0 Å². The molecule has 0 saturated carbocycles. The molecule has 0 radical (unpaired) electrons. The van der Waals surface area contributed by atoms with Gasteiger partial charge in [0.15, 0.2) is 9.84 Å². The maximum absolute atomic E-state index is 13.0. The van der Waals surface area contributed by atoms with Gasteiger partial charge in [-0.3, -0.25) is 4.68 Å². The van der Waals surface area contributed by atoms with E-state index in [1.54, 1.807) is 23.1 Å². The molecule has 1 aliphatic rings. The van der Waals surface area contributed by atoms with Crippen LogP contribution in [0.25, 0.3) is 0 Å². The van der Waals surface area contributed by atoms with E-state index in [2.05, 4.69) is 5.10 Å². The number of aryl methyl sites for hydroxylation is 2. The minimum atomic E-state index is -3.67. The van der Waals surface area contributed by atoms with E-state index in [4.69, 9.17) is 0 Å². The molecule has 1 unspecified atom stereocenters. The van der Waals surface area contributed by atoms with Crippen molar-refractivity contribution in [3.8, 4) is 0 Å². The fourth-order valence-electron chi connectivity index (χ4n) is 3.21. The standard InChI is InChI=1S/C17H23N3O4S2/c1-3-19-11-16(10-18-19)17-13-25(21,22)8-7-20(17)26(23,24)12-15-6-4-5-14(2)9-15/h4-6,9-11,17H,3,7-8,12-13H2,1-2H3. The van der Waals surface area contributed by atoms with Crippen LogP contribution in [0.4, 0.5) is 0 Å². The quantitative estimate of drug-likeness (QED) is 0.763. The second kappa shape index (κ2) is 7.13. The Morgan fingerprint density at radius 1 is 1.31 bits per heavy atom. The van der Waals surface area contributed by atoms with Crippen LogP contribution in [0.3, 0.4) is 0 Å². The number of hydrogen-bond donors (Lipinski definition) is 0. The monoisotopic (exact) mass is 397 g/mol. The Balaban J connectivity index is 1.94. The third-order valence-corrected chi connectivity index (χ3v) is 8.01. The maximum atomic E-state index is 13.0. The van der Waals surface area contributed by atoms with Crippen LogP contribution in [-0.2, 0) is 32.2 Å². The topological polar surface area (TPSA) is 89.3 Å². The van der Waals surface area contributed by atoms with Gasteiger partial charge < -0.3 is 0 Å². The van der Waals surface area contributed by atoms with Crippen molar-refractivity contribution in [1.82, 2.24) is 14.1 Å². The molecule has 1 aliphatic heterocycles. The first-order valence-corrected chi connectivity index (χ1v) is 11.9. The average molecular weight is 398 g/mol. The van der Waals surface area contributed by atoms with Gasteiger partial charge >= 0.3 is 0 Å². The summed E-state index contributed by atoms with van der Waals surface area (Å²) in [4.78, 5) is 0. The molecule has 3 rings (SSSR count). The number of rotatable bonds is 5. The zero-order valence-electron chi connectivity index (χ0n) is 14.9. The molecule has 0 amide bonds. The van der Waals surface area contributed by atoms with Gasteiger partial charge in [-0.05, 0) is 19.4 Å². The lowest BCUT2D eigenvalue weighted by Crippen LogP contribution is -2.46. The number of sulfone groups is 1. The van der Waals surface area contributed by atoms with E-state index in [1.807, 2.05) is 32.0 Å². The van der Waals surface area contributed by atoms with Gasteiger partial charge in [-0.25, -0.2) is 16.8 Å². The molecular weight excluding hydrogens is 374 g/mol. The highest BCUT2D eigenvalue weighted by Gasteiger charge is 2.39. The summed E-state index contributed by atoms with van der Waals surface area (Å²) in [5, 5.41) is 4.17. The van der Waals surface area contributed by atoms with Crippen LogP contribution in [-0.4, -0.2) is 49.0 Å². The van der Waals surface area contributed by atoms with E-state index in [1.165, 1.54) is 4.31 Å². The molecule has 1 aromatic heterocycles. The molecule has 142 valence electrons. The van der Waals surface area contributed by atoms with Crippen LogP contribution in [0.15, 0.2) is 36.7 Å². The van der Waals surface area contributed by atoms with Crippen molar-refractivity contribution >= 4 is 19.9 Å². The molecule has 0 aliphatic carbocycles. The fraction of sp³-hybridized carbons (Fsp3) is 0.471. The Bertz CT molecular complexity index is 997. The summed E-state index contributed by atoms with van der Waals surface area (Å²) in [6.45, 7) is 4.43. The number of nitrogens with zero attached hydrogens (tertiary/aromatic N) is 3. The van der Waals surface area contributed by atoms with E-state index in [0.29, 0.717) is 17.7 Å². The first-order valence-electron chi connectivity index (χ1n) is 8.48. The van der Waals surface area contributed by atoms with Crippen molar-refractivity contribution in [2.75, 3.05) is 18.1 Å². The zero-order chi connectivity index (χ0) is 18.9. The van der Waals surface area contributed by atoms with Crippen molar-refractivity contribution in [1.29, 1.82) is 0 Å². The molecule has 9 heteroatoms. The first kappa shape index (κ1) is 19.1. The fourth-order valence-corrected chi connectivity index (χ4v) is 6.63. The Morgan fingerprint density at radius 2 is 2.08 bits per heavy atom. The van der Waals surface area contributed by atoms with Gasteiger partial charge in [-0.1, -0.05) is 29.8 Å². The van der Waals surface area contributed by atoms with E-state index >= 15 is 0 Å². The highest BCUT2D eigenvalue weighted by molar-refractivity contribution is 7.92. The molecule has 1 aromatic carbocycles. The molecule has 0 bridgehead atoms. The summed E-state index contributed by atoms with van der Waals surface area (Å²) >= 11 is 0. The molecule has 26 heavy (non-hydrogen) atoms. The van der Waals surface area contributed by atoms with Gasteiger partial charge in [-0.2, -0.15) is 9.40 Å². The van der Waals surface area contributed by atoms with Crippen LogP contribution in [0.1, 0.15) is 29.7 Å². The second-order valence-electron chi connectivity index (χ2n) is 6.62. The summed E-state index contributed by atoms with van der Waals surface area (Å²) in [6, 6.07) is 6.61. The van der Waals surface area contributed by atoms with Gasteiger partial charge in [0, 0.05) is 24.8 Å². The second-order valence-corrected chi connectivity index (χ2v) is 10.8. The Hall–Kier alpha value is -1.71. The van der Waals surface area contributed by atoms with Crippen LogP contribution < -0.4 is 0 Å². The number of hydrogen-bond acceptors (Lipinski definition) is 5. The predicted octanol–water partition coefficient (Wildman–Crippen LogP) is 1.51. The lowest BCUT2D eigenvalue weighted by Gasteiger charge is -2.34. The van der Waals surface area contributed by atoms with Gasteiger partial charge in [0.2, 0.25) is 10.0 Å². The first-order chi connectivity index (χ1) is 12.2. The van der Waals surface area contributed by atoms with E-state index in [0.717, 1.165) is 5.56 Å². The molecule has 1 saturated heterocycles. The minimum absolute atomic E-state index is 0.0293. The summed E-state index contributed by atoms with van der Waals surface area (Å²) < 4.78 is 53.4. The molecule has 1 atom stereocenters. The Morgan fingerprint density at radius 3 is 2.73 bits per heavy atom. The van der Waals surface area contributed by atoms with Crippen molar-refractivity contribution in [3.05, 3.63) is 53.3 Å². The number of aromatic nitrogens is 2. The van der Waals surface area contributed by atoms with Gasteiger partial charge in [-0.15, -0.1) is 0 Å². The molecule has 2 aromatic rings. The van der Waals surface area contributed by atoms with Crippen molar-refractivity contribution in [2.45, 2.75) is 32.2 Å². The molecule has 2 heterocycles. The van der Waals surface area contributed by atoms with Crippen LogP contribution in [0.2, 0.25) is 0 Å². The van der Waals surface area contributed by atoms with Gasteiger partial charge in [0.05, 0.1) is 29.5 Å². The average Bonchev–Trinajstić information content (AvgIpc) is 3.02. The maximum Gasteiger partial charge on any atom is 0.218 e. The third-order valence-electron chi connectivity index (χ3n) is 4.53. The predicted molar refractivity (Wildman–Crippen MR) is 99.8 cm³/mol. The molecule has 7 nitrogen and oxygen atoms in total. The van der Waals surface area contributed by atoms with E-state index in [-0.39, 0.29) is 23.8 Å². The zero-order valence-corrected chi connectivity index (χ0v) is 16.5. The lowest BCUT2D eigenvalue weighted by molar-refractivity contribution is 0.344. The number of benzene rings is 1. The molecule has 0 N–H and O–H groups in total. The summed E-state index contributed by atoms with van der Waals surface area (Å²) in [5.74, 6) is -0.513. The highest BCUT2D eigenvalue weighted by Crippen LogP contribution is 2.30. The molecule has 1 fully saturated rings. The summed E-state index contributed by atoms with van der Waals surface area (Å²) in [5.41, 5.74) is 2.30. The smallest absolute Gasteiger partial charge is 0.218 e. The van der Waals surface area contributed by atoms with Crippen molar-refractivity contribution < 1.29 is 16.8 Å². The van der Waals surface area contributed by atoms with Crippen LogP contribution in [0.5, 0.6) is 0 Å². The largest absolute Gasteiger partial charge is 0.273 e.